The fraction of sp³-hybridized carbons (Fsp3) is 1.00. The lowest BCUT2D eigenvalue weighted by Gasteiger charge is -2.32. The van der Waals surface area contributed by atoms with Gasteiger partial charge in [0.15, 0.2) is 0 Å². The summed E-state index contributed by atoms with van der Waals surface area (Å²) in [5.74, 6) is 0. The lowest BCUT2D eigenvalue weighted by Crippen LogP contribution is -2.43. The van der Waals surface area contributed by atoms with Crippen molar-refractivity contribution >= 4 is 0 Å². The Morgan fingerprint density at radius 1 is 1.29 bits per heavy atom. The van der Waals surface area contributed by atoms with Crippen molar-refractivity contribution in [2.75, 3.05) is 26.8 Å². The van der Waals surface area contributed by atoms with Crippen LogP contribution in [-0.4, -0.2) is 43.3 Å². The second-order valence-electron chi connectivity index (χ2n) is 5.61. The van der Waals surface area contributed by atoms with Crippen LogP contribution in [0.1, 0.15) is 52.4 Å². The first-order chi connectivity index (χ1) is 8.11. The maximum absolute atomic E-state index is 6.42. The van der Waals surface area contributed by atoms with E-state index in [9.17, 15) is 0 Å². The molecule has 1 atom stereocenters. The highest BCUT2D eigenvalue weighted by atomic mass is 16.5. The summed E-state index contributed by atoms with van der Waals surface area (Å²) in [4.78, 5) is 2.52. The van der Waals surface area contributed by atoms with Gasteiger partial charge < -0.3 is 10.5 Å². The molecule has 17 heavy (non-hydrogen) atoms. The molecule has 0 heterocycles. The zero-order valence-corrected chi connectivity index (χ0v) is 11.9. The number of nitrogens with zero attached hydrogens (tertiary/aromatic N) is 1. The van der Waals surface area contributed by atoms with E-state index in [0.29, 0.717) is 6.04 Å². The average molecular weight is 242 g/mol. The van der Waals surface area contributed by atoms with Crippen LogP contribution in [-0.2, 0) is 4.74 Å². The minimum atomic E-state index is 0.124. The molecule has 0 aromatic rings. The minimum Gasteiger partial charge on any atom is -0.383 e. The summed E-state index contributed by atoms with van der Waals surface area (Å²) in [6, 6.07) is 0.634. The molecule has 0 aromatic heterocycles. The van der Waals surface area contributed by atoms with Crippen molar-refractivity contribution in [2.45, 2.75) is 64.0 Å². The second-order valence-corrected chi connectivity index (χ2v) is 5.61. The van der Waals surface area contributed by atoms with E-state index in [1.807, 2.05) is 0 Å². The Morgan fingerprint density at radius 2 is 1.94 bits per heavy atom. The van der Waals surface area contributed by atoms with E-state index in [2.05, 4.69) is 18.7 Å². The molecule has 1 saturated carbocycles. The molecule has 3 nitrogen and oxygen atoms in total. The third kappa shape index (κ3) is 4.94. The quantitative estimate of drug-likeness (QED) is 0.710. The standard InChI is InChI=1S/C14H30N2O/c1-4-13(2)16(11-12-17-3)10-9-14(15)7-5-6-8-14/h13H,4-12,15H2,1-3H3. The Morgan fingerprint density at radius 3 is 2.47 bits per heavy atom. The monoisotopic (exact) mass is 242 g/mol. The predicted molar refractivity (Wildman–Crippen MR) is 73.2 cm³/mol. The molecule has 1 unspecified atom stereocenters. The van der Waals surface area contributed by atoms with Crippen LogP contribution < -0.4 is 5.73 Å². The SMILES string of the molecule is CCC(C)N(CCOC)CCC1(N)CCCC1. The normalized spacial score (nSPS) is 21.0. The molecule has 1 rings (SSSR count). The molecular formula is C14H30N2O. The van der Waals surface area contributed by atoms with Gasteiger partial charge in [0.05, 0.1) is 6.61 Å². The van der Waals surface area contributed by atoms with Crippen LogP contribution in [0.2, 0.25) is 0 Å². The van der Waals surface area contributed by atoms with Gasteiger partial charge in [0, 0.05) is 31.8 Å². The number of hydrogen-bond acceptors (Lipinski definition) is 3. The van der Waals surface area contributed by atoms with Crippen molar-refractivity contribution in [2.24, 2.45) is 5.73 Å². The highest BCUT2D eigenvalue weighted by molar-refractivity contribution is 4.90. The van der Waals surface area contributed by atoms with Gasteiger partial charge in [0.2, 0.25) is 0 Å². The highest BCUT2D eigenvalue weighted by Crippen LogP contribution is 2.30. The summed E-state index contributed by atoms with van der Waals surface area (Å²) < 4.78 is 5.19. The Balaban J connectivity index is 2.36. The summed E-state index contributed by atoms with van der Waals surface area (Å²) in [5.41, 5.74) is 6.54. The minimum absolute atomic E-state index is 0.124. The van der Waals surface area contributed by atoms with Crippen LogP contribution in [0.25, 0.3) is 0 Å². The van der Waals surface area contributed by atoms with Crippen molar-refractivity contribution in [1.82, 2.24) is 4.90 Å². The average Bonchev–Trinajstić information content (AvgIpc) is 2.76. The number of nitrogens with two attached hydrogens (primary N) is 1. The van der Waals surface area contributed by atoms with Gasteiger partial charge in [-0.05, 0) is 32.6 Å². The summed E-state index contributed by atoms with van der Waals surface area (Å²) in [6.45, 7) is 7.52. The van der Waals surface area contributed by atoms with E-state index in [4.69, 9.17) is 10.5 Å². The summed E-state index contributed by atoms with van der Waals surface area (Å²) in [5, 5.41) is 0. The molecular weight excluding hydrogens is 212 g/mol. The third-order valence-corrected chi connectivity index (χ3v) is 4.29. The molecule has 1 fully saturated rings. The van der Waals surface area contributed by atoms with E-state index in [0.717, 1.165) is 26.1 Å². The largest absolute Gasteiger partial charge is 0.383 e. The zero-order chi connectivity index (χ0) is 12.7. The lowest BCUT2D eigenvalue weighted by molar-refractivity contribution is 0.115. The number of methoxy groups -OCH3 is 1. The van der Waals surface area contributed by atoms with E-state index < -0.39 is 0 Å². The molecule has 0 bridgehead atoms. The third-order valence-electron chi connectivity index (χ3n) is 4.29. The molecule has 1 aliphatic carbocycles. The highest BCUT2D eigenvalue weighted by Gasteiger charge is 2.29. The van der Waals surface area contributed by atoms with Crippen molar-refractivity contribution in [3.63, 3.8) is 0 Å². The van der Waals surface area contributed by atoms with Crippen LogP contribution in [0, 0.1) is 0 Å². The molecule has 1 aliphatic rings. The molecule has 0 aromatic carbocycles. The molecule has 0 spiro atoms. The van der Waals surface area contributed by atoms with Crippen LogP contribution >= 0.6 is 0 Å². The number of hydrogen-bond donors (Lipinski definition) is 1. The first-order valence-electron chi connectivity index (χ1n) is 7.13. The van der Waals surface area contributed by atoms with Gasteiger partial charge in [-0.1, -0.05) is 19.8 Å². The van der Waals surface area contributed by atoms with Gasteiger partial charge in [-0.3, -0.25) is 4.90 Å². The Kier molecular flexibility index (Phi) is 6.45. The van der Waals surface area contributed by atoms with Crippen LogP contribution in [0.15, 0.2) is 0 Å². The van der Waals surface area contributed by atoms with E-state index in [-0.39, 0.29) is 5.54 Å². The lowest BCUT2D eigenvalue weighted by atomic mass is 9.94. The second kappa shape index (κ2) is 7.34. The maximum atomic E-state index is 6.42. The first-order valence-corrected chi connectivity index (χ1v) is 7.13. The fourth-order valence-corrected chi connectivity index (χ4v) is 2.71. The van der Waals surface area contributed by atoms with Gasteiger partial charge in [0.25, 0.3) is 0 Å². The maximum Gasteiger partial charge on any atom is 0.0589 e. The number of ether oxygens (including phenoxy) is 1. The van der Waals surface area contributed by atoms with Gasteiger partial charge in [-0.25, -0.2) is 0 Å². The summed E-state index contributed by atoms with van der Waals surface area (Å²) in [6.07, 6.45) is 7.40. The first kappa shape index (κ1) is 14.9. The molecule has 0 saturated heterocycles. The van der Waals surface area contributed by atoms with Gasteiger partial charge in [-0.15, -0.1) is 0 Å². The Hall–Kier alpha value is -0.120. The number of rotatable bonds is 8. The fourth-order valence-electron chi connectivity index (χ4n) is 2.71. The summed E-state index contributed by atoms with van der Waals surface area (Å²) in [7, 11) is 1.77. The van der Waals surface area contributed by atoms with Crippen molar-refractivity contribution in [3.8, 4) is 0 Å². The molecule has 0 radical (unpaired) electrons. The van der Waals surface area contributed by atoms with Crippen molar-refractivity contribution in [1.29, 1.82) is 0 Å². The Bertz CT molecular complexity index is 202. The summed E-state index contributed by atoms with van der Waals surface area (Å²) >= 11 is 0. The van der Waals surface area contributed by atoms with E-state index >= 15 is 0 Å². The molecule has 0 aliphatic heterocycles. The molecule has 2 N–H and O–H groups in total. The Labute approximate surface area is 107 Å². The zero-order valence-electron chi connectivity index (χ0n) is 11.9. The van der Waals surface area contributed by atoms with Crippen LogP contribution in [0.5, 0.6) is 0 Å². The van der Waals surface area contributed by atoms with E-state index in [1.165, 1.54) is 32.1 Å². The van der Waals surface area contributed by atoms with Crippen LogP contribution in [0.3, 0.4) is 0 Å². The van der Waals surface area contributed by atoms with Crippen LogP contribution in [0.4, 0.5) is 0 Å². The van der Waals surface area contributed by atoms with Gasteiger partial charge in [-0.2, -0.15) is 0 Å². The topological polar surface area (TPSA) is 38.5 Å². The smallest absolute Gasteiger partial charge is 0.0589 e. The van der Waals surface area contributed by atoms with Gasteiger partial charge >= 0.3 is 0 Å². The molecule has 0 amide bonds. The molecule has 3 heteroatoms. The van der Waals surface area contributed by atoms with Gasteiger partial charge in [0.1, 0.15) is 0 Å². The van der Waals surface area contributed by atoms with Crippen molar-refractivity contribution in [3.05, 3.63) is 0 Å². The van der Waals surface area contributed by atoms with Crippen molar-refractivity contribution < 1.29 is 4.74 Å². The van der Waals surface area contributed by atoms with E-state index in [1.54, 1.807) is 7.11 Å². The predicted octanol–water partition coefficient (Wildman–Crippen LogP) is 2.39. The molecule has 102 valence electrons.